The first kappa shape index (κ1) is 17.0. The molecule has 4 rings (SSSR count). The monoisotopic (exact) mass is 371 g/mol. The van der Waals surface area contributed by atoms with Crippen molar-refractivity contribution in [2.75, 3.05) is 7.11 Å². The van der Waals surface area contributed by atoms with E-state index in [4.69, 9.17) is 4.74 Å². The van der Waals surface area contributed by atoms with Crippen LogP contribution >= 0.6 is 0 Å². The minimum absolute atomic E-state index is 0.347. The first-order valence-electron chi connectivity index (χ1n) is 7.90. The van der Waals surface area contributed by atoms with Crippen molar-refractivity contribution in [2.45, 2.75) is 6.18 Å². The van der Waals surface area contributed by atoms with Crippen LogP contribution in [0.5, 0.6) is 0 Å². The minimum atomic E-state index is -4.40. The average Bonchev–Trinajstić information content (AvgIpc) is 3.14. The Hall–Kier alpha value is -3.42. The summed E-state index contributed by atoms with van der Waals surface area (Å²) in [6.45, 7) is 0. The van der Waals surface area contributed by atoms with Crippen molar-refractivity contribution in [3.05, 3.63) is 66.1 Å². The Balaban J connectivity index is 1.95. The molecule has 2 heterocycles. The van der Waals surface area contributed by atoms with Crippen molar-refractivity contribution >= 4 is 22.4 Å². The zero-order chi connectivity index (χ0) is 19.2. The molecule has 2 aromatic heterocycles. The van der Waals surface area contributed by atoms with E-state index in [-0.39, 0.29) is 0 Å². The van der Waals surface area contributed by atoms with Crippen LogP contribution in [0.25, 0.3) is 27.5 Å². The van der Waals surface area contributed by atoms with Crippen LogP contribution in [0.4, 0.5) is 13.2 Å². The highest BCUT2D eigenvalue weighted by atomic mass is 19.4. The van der Waals surface area contributed by atoms with Gasteiger partial charge >= 0.3 is 12.1 Å². The topological polar surface area (TPSA) is 56.5 Å². The van der Waals surface area contributed by atoms with E-state index in [0.717, 1.165) is 17.5 Å². The quantitative estimate of drug-likeness (QED) is 0.492. The van der Waals surface area contributed by atoms with E-state index in [1.54, 1.807) is 24.4 Å². The maximum atomic E-state index is 12.8. The summed E-state index contributed by atoms with van der Waals surface area (Å²) in [5, 5.41) is 5.50. The second-order valence-corrected chi connectivity index (χ2v) is 5.90. The molecule has 0 spiro atoms. The number of carbonyl (C=O) groups excluding carboxylic acids is 1. The molecule has 0 bridgehead atoms. The number of carbonyl (C=O) groups is 1. The Morgan fingerprint density at radius 3 is 2.48 bits per heavy atom. The molecule has 8 heteroatoms. The number of hydrogen-bond donors (Lipinski definition) is 0. The Labute approximate surface area is 151 Å². The van der Waals surface area contributed by atoms with Crippen molar-refractivity contribution in [2.24, 2.45) is 0 Å². The number of hydrogen-bond acceptors (Lipinski definition) is 4. The maximum Gasteiger partial charge on any atom is 0.416 e. The fourth-order valence-electron chi connectivity index (χ4n) is 3.01. The number of ether oxygens (including phenoxy) is 1. The maximum absolute atomic E-state index is 12.8. The fourth-order valence-corrected chi connectivity index (χ4v) is 3.01. The molecule has 27 heavy (non-hydrogen) atoms. The van der Waals surface area contributed by atoms with Crippen molar-refractivity contribution < 1.29 is 22.7 Å². The van der Waals surface area contributed by atoms with Gasteiger partial charge in [0.15, 0.2) is 5.65 Å². The van der Waals surface area contributed by atoms with Crippen molar-refractivity contribution in [1.82, 2.24) is 14.6 Å². The van der Waals surface area contributed by atoms with E-state index < -0.39 is 17.7 Å². The first-order chi connectivity index (χ1) is 12.9. The molecule has 0 saturated heterocycles. The standard InChI is InChI=1S/C19H12F3N3O2/c1-27-18(26)12-4-7-14-15(8-12)17-23-10-24-25(17)9-16(14)11-2-5-13(6-3-11)19(20,21)22/h2-10H,1H3. The largest absolute Gasteiger partial charge is 0.465 e. The van der Waals surface area contributed by atoms with Gasteiger partial charge in [0.1, 0.15) is 6.33 Å². The van der Waals surface area contributed by atoms with Crippen LogP contribution in [0.2, 0.25) is 0 Å². The second kappa shape index (κ2) is 6.08. The van der Waals surface area contributed by atoms with Crippen molar-refractivity contribution in [1.29, 1.82) is 0 Å². The normalized spacial score (nSPS) is 11.9. The number of rotatable bonds is 2. The van der Waals surface area contributed by atoms with E-state index in [9.17, 15) is 18.0 Å². The Bertz CT molecular complexity index is 1160. The lowest BCUT2D eigenvalue weighted by molar-refractivity contribution is -0.137. The SMILES string of the molecule is COC(=O)c1ccc2c(-c3ccc(C(F)(F)F)cc3)cn3ncnc3c2c1. The van der Waals surface area contributed by atoms with Gasteiger partial charge < -0.3 is 4.74 Å². The molecule has 0 aliphatic heterocycles. The summed E-state index contributed by atoms with van der Waals surface area (Å²) in [5.74, 6) is -0.491. The van der Waals surface area contributed by atoms with Crippen LogP contribution < -0.4 is 0 Å². The third-order valence-corrected chi connectivity index (χ3v) is 4.32. The third-order valence-electron chi connectivity index (χ3n) is 4.32. The summed E-state index contributed by atoms with van der Waals surface area (Å²) in [4.78, 5) is 16.1. The first-order valence-corrected chi connectivity index (χ1v) is 7.90. The van der Waals surface area contributed by atoms with Gasteiger partial charge in [-0.25, -0.2) is 14.3 Å². The number of esters is 1. The predicted molar refractivity (Wildman–Crippen MR) is 92.3 cm³/mol. The van der Waals surface area contributed by atoms with E-state index in [1.807, 2.05) is 0 Å². The average molecular weight is 371 g/mol. The number of methoxy groups -OCH3 is 1. The zero-order valence-electron chi connectivity index (χ0n) is 14.0. The van der Waals surface area contributed by atoms with E-state index >= 15 is 0 Å². The van der Waals surface area contributed by atoms with Crippen LogP contribution in [0.3, 0.4) is 0 Å². The molecule has 0 aliphatic rings. The summed E-state index contributed by atoms with van der Waals surface area (Å²) in [5.41, 5.74) is 1.43. The lowest BCUT2D eigenvalue weighted by Crippen LogP contribution is -2.04. The van der Waals surface area contributed by atoms with Gasteiger partial charge in [-0.2, -0.15) is 18.3 Å². The molecule has 0 aliphatic carbocycles. The van der Waals surface area contributed by atoms with Crippen LogP contribution in [0, 0.1) is 0 Å². The number of alkyl halides is 3. The minimum Gasteiger partial charge on any atom is -0.465 e. The Morgan fingerprint density at radius 2 is 1.81 bits per heavy atom. The summed E-state index contributed by atoms with van der Waals surface area (Å²) in [6.07, 6.45) is -1.33. The van der Waals surface area contributed by atoms with Gasteiger partial charge in [-0.15, -0.1) is 0 Å². The highest BCUT2D eigenvalue weighted by Crippen LogP contribution is 2.34. The number of nitrogens with zero attached hydrogens (tertiary/aromatic N) is 3. The van der Waals surface area contributed by atoms with E-state index in [0.29, 0.717) is 27.7 Å². The van der Waals surface area contributed by atoms with Crippen LogP contribution in [-0.2, 0) is 10.9 Å². The smallest absolute Gasteiger partial charge is 0.416 e. The number of benzene rings is 2. The number of pyridine rings is 1. The molecular weight excluding hydrogens is 359 g/mol. The molecule has 5 nitrogen and oxygen atoms in total. The zero-order valence-corrected chi connectivity index (χ0v) is 14.0. The molecular formula is C19H12F3N3O2. The molecule has 0 unspecified atom stereocenters. The highest BCUT2D eigenvalue weighted by molar-refractivity contribution is 6.06. The number of halogens is 3. The predicted octanol–water partition coefficient (Wildman–Crippen LogP) is 4.35. The molecule has 0 atom stereocenters. The molecule has 136 valence electrons. The Morgan fingerprint density at radius 1 is 1.07 bits per heavy atom. The summed E-state index contributed by atoms with van der Waals surface area (Å²) >= 11 is 0. The molecule has 4 aromatic rings. The summed E-state index contributed by atoms with van der Waals surface area (Å²) < 4.78 is 44.8. The van der Waals surface area contributed by atoms with Crippen molar-refractivity contribution in [3.63, 3.8) is 0 Å². The lowest BCUT2D eigenvalue weighted by atomic mass is 9.98. The number of aromatic nitrogens is 3. The van der Waals surface area contributed by atoms with Crippen LogP contribution in [0.1, 0.15) is 15.9 Å². The van der Waals surface area contributed by atoms with Gasteiger partial charge in [-0.1, -0.05) is 18.2 Å². The van der Waals surface area contributed by atoms with Crippen LogP contribution in [-0.4, -0.2) is 27.7 Å². The van der Waals surface area contributed by atoms with Crippen molar-refractivity contribution in [3.8, 4) is 11.1 Å². The van der Waals surface area contributed by atoms with Gasteiger partial charge in [-0.05, 0) is 35.2 Å². The lowest BCUT2D eigenvalue weighted by Gasteiger charge is -2.11. The molecule has 0 radical (unpaired) electrons. The summed E-state index contributed by atoms with van der Waals surface area (Å²) in [7, 11) is 1.29. The van der Waals surface area contributed by atoms with Gasteiger partial charge in [0, 0.05) is 17.1 Å². The van der Waals surface area contributed by atoms with E-state index in [1.165, 1.54) is 30.1 Å². The molecule has 0 N–H and O–H groups in total. The molecule has 0 saturated carbocycles. The van der Waals surface area contributed by atoms with E-state index in [2.05, 4.69) is 10.1 Å². The highest BCUT2D eigenvalue weighted by Gasteiger charge is 2.30. The third kappa shape index (κ3) is 2.88. The summed E-state index contributed by atoms with van der Waals surface area (Å²) in [6, 6.07) is 9.87. The molecule has 0 fully saturated rings. The fraction of sp³-hybridized carbons (Fsp3) is 0.105. The second-order valence-electron chi connectivity index (χ2n) is 5.90. The van der Waals surface area contributed by atoms with Gasteiger partial charge in [0.25, 0.3) is 0 Å². The number of fused-ring (bicyclic) bond motifs is 3. The van der Waals surface area contributed by atoms with Gasteiger partial charge in [0.2, 0.25) is 0 Å². The molecule has 0 amide bonds. The Kier molecular flexibility index (Phi) is 3.83. The van der Waals surface area contributed by atoms with Gasteiger partial charge in [-0.3, -0.25) is 0 Å². The van der Waals surface area contributed by atoms with Gasteiger partial charge in [0.05, 0.1) is 18.2 Å². The van der Waals surface area contributed by atoms with Crippen LogP contribution in [0.15, 0.2) is 55.0 Å². The molecule has 2 aromatic carbocycles.